The smallest absolute Gasteiger partial charge is 0.139 e. The Kier molecular flexibility index (Phi) is 3.67. The van der Waals surface area contributed by atoms with Crippen LogP contribution in [0.15, 0.2) is 18.2 Å². The van der Waals surface area contributed by atoms with Crippen LogP contribution < -0.4 is 10.6 Å². The van der Waals surface area contributed by atoms with Crippen molar-refractivity contribution in [2.24, 2.45) is 0 Å². The first-order valence-corrected chi connectivity index (χ1v) is 7.39. The summed E-state index contributed by atoms with van der Waals surface area (Å²) in [6.45, 7) is 1.86. The minimum Gasteiger partial charge on any atom is -0.506 e. The predicted octanol–water partition coefficient (Wildman–Crippen LogP) is 2.91. The fourth-order valence-electron chi connectivity index (χ4n) is 3.03. The SMILES string of the molecule is Oc1cc([C@H]2CCN[C@H]2CCl)cc2c1NCCC=C2. The molecule has 2 aliphatic rings. The average Bonchev–Trinajstić information content (AvgIpc) is 2.76. The monoisotopic (exact) mass is 278 g/mol. The fourth-order valence-corrected chi connectivity index (χ4v) is 3.35. The van der Waals surface area contributed by atoms with Crippen LogP contribution in [0.2, 0.25) is 0 Å². The maximum atomic E-state index is 10.2. The van der Waals surface area contributed by atoms with E-state index in [0.29, 0.717) is 23.6 Å². The Bertz CT molecular complexity index is 501. The number of fused-ring (bicyclic) bond motifs is 1. The van der Waals surface area contributed by atoms with Gasteiger partial charge >= 0.3 is 0 Å². The summed E-state index contributed by atoms with van der Waals surface area (Å²) in [4.78, 5) is 0. The summed E-state index contributed by atoms with van der Waals surface area (Å²) < 4.78 is 0. The van der Waals surface area contributed by atoms with Crippen LogP contribution in [0.25, 0.3) is 6.08 Å². The van der Waals surface area contributed by atoms with Crippen LogP contribution in [-0.2, 0) is 0 Å². The Morgan fingerprint density at radius 3 is 3.05 bits per heavy atom. The van der Waals surface area contributed by atoms with Crippen molar-refractivity contribution in [3.05, 3.63) is 29.3 Å². The van der Waals surface area contributed by atoms with Crippen molar-refractivity contribution < 1.29 is 5.11 Å². The van der Waals surface area contributed by atoms with E-state index in [1.165, 1.54) is 5.56 Å². The summed E-state index contributed by atoms with van der Waals surface area (Å²) in [5.41, 5.74) is 3.11. The minimum absolute atomic E-state index is 0.307. The van der Waals surface area contributed by atoms with Crippen molar-refractivity contribution in [2.75, 3.05) is 24.3 Å². The van der Waals surface area contributed by atoms with E-state index in [1.807, 2.05) is 6.07 Å². The number of aromatic hydroxyl groups is 1. The summed E-state index contributed by atoms with van der Waals surface area (Å²) in [5, 5.41) is 16.9. The second-order valence-electron chi connectivity index (χ2n) is 5.23. The summed E-state index contributed by atoms with van der Waals surface area (Å²) in [5.74, 6) is 1.35. The van der Waals surface area contributed by atoms with Gasteiger partial charge in [0.2, 0.25) is 0 Å². The molecule has 1 aromatic rings. The minimum atomic E-state index is 0.307. The van der Waals surface area contributed by atoms with Crippen molar-refractivity contribution in [3.8, 4) is 5.75 Å². The van der Waals surface area contributed by atoms with E-state index in [1.54, 1.807) is 0 Å². The Morgan fingerprint density at radius 2 is 2.21 bits per heavy atom. The Labute approximate surface area is 118 Å². The maximum Gasteiger partial charge on any atom is 0.139 e. The molecule has 2 heterocycles. The molecule has 0 spiro atoms. The first-order chi connectivity index (χ1) is 9.29. The van der Waals surface area contributed by atoms with Crippen molar-refractivity contribution in [3.63, 3.8) is 0 Å². The maximum absolute atomic E-state index is 10.2. The zero-order valence-electron chi connectivity index (χ0n) is 10.8. The standard InChI is InChI=1S/C15H19ClN2O/c16-9-13-12(4-6-17-13)11-7-10-3-1-2-5-18-15(10)14(19)8-11/h1,3,7-8,12-13,17-19H,2,4-6,9H2/t12-,13+/m1/s1. The molecule has 3 N–H and O–H groups in total. The summed E-state index contributed by atoms with van der Waals surface area (Å²) in [7, 11) is 0. The number of hydrogen-bond acceptors (Lipinski definition) is 3. The van der Waals surface area contributed by atoms with Crippen molar-refractivity contribution in [1.82, 2.24) is 5.32 Å². The van der Waals surface area contributed by atoms with Gasteiger partial charge in [-0.1, -0.05) is 12.2 Å². The molecule has 2 aliphatic heterocycles. The van der Waals surface area contributed by atoms with Gasteiger partial charge in [0.25, 0.3) is 0 Å². The van der Waals surface area contributed by atoms with E-state index in [2.05, 4.69) is 28.9 Å². The number of benzene rings is 1. The number of rotatable bonds is 2. The zero-order valence-corrected chi connectivity index (χ0v) is 11.6. The Balaban J connectivity index is 1.99. The Hall–Kier alpha value is -1.19. The second kappa shape index (κ2) is 5.43. The molecule has 19 heavy (non-hydrogen) atoms. The molecule has 0 saturated carbocycles. The van der Waals surface area contributed by atoms with Gasteiger partial charge in [0.15, 0.2) is 0 Å². The number of halogens is 1. The van der Waals surface area contributed by atoms with E-state index < -0.39 is 0 Å². The fraction of sp³-hybridized carbons (Fsp3) is 0.467. The molecule has 0 aliphatic carbocycles. The molecule has 1 aromatic carbocycles. The number of phenolic OH excluding ortho intramolecular Hbond substituents is 1. The molecule has 0 unspecified atom stereocenters. The number of hydrogen-bond donors (Lipinski definition) is 3. The number of anilines is 1. The predicted molar refractivity (Wildman–Crippen MR) is 80.1 cm³/mol. The zero-order chi connectivity index (χ0) is 13.2. The number of alkyl halides is 1. The second-order valence-corrected chi connectivity index (χ2v) is 5.54. The topological polar surface area (TPSA) is 44.3 Å². The first-order valence-electron chi connectivity index (χ1n) is 6.86. The highest BCUT2D eigenvalue weighted by Gasteiger charge is 2.28. The number of nitrogens with one attached hydrogen (secondary N) is 2. The molecular weight excluding hydrogens is 260 g/mol. The summed E-state index contributed by atoms with van der Waals surface area (Å²) >= 11 is 6.01. The molecule has 2 atom stereocenters. The third-order valence-corrected chi connectivity index (χ3v) is 4.35. The quantitative estimate of drug-likeness (QED) is 0.576. The number of phenols is 1. The van der Waals surface area contributed by atoms with Gasteiger partial charge < -0.3 is 15.7 Å². The largest absolute Gasteiger partial charge is 0.506 e. The molecule has 102 valence electrons. The van der Waals surface area contributed by atoms with E-state index >= 15 is 0 Å². The van der Waals surface area contributed by atoms with Gasteiger partial charge in [0.05, 0.1) is 5.69 Å². The van der Waals surface area contributed by atoms with E-state index in [9.17, 15) is 5.11 Å². The normalized spacial score (nSPS) is 25.7. The van der Waals surface area contributed by atoms with E-state index in [4.69, 9.17) is 11.6 Å². The van der Waals surface area contributed by atoms with Crippen LogP contribution in [0.4, 0.5) is 5.69 Å². The van der Waals surface area contributed by atoms with Gasteiger partial charge in [-0.25, -0.2) is 0 Å². The van der Waals surface area contributed by atoms with Crippen LogP contribution in [-0.4, -0.2) is 30.1 Å². The van der Waals surface area contributed by atoms with Crippen LogP contribution in [0.5, 0.6) is 5.75 Å². The Morgan fingerprint density at radius 1 is 1.32 bits per heavy atom. The molecule has 3 nitrogen and oxygen atoms in total. The molecular formula is C15H19ClN2O. The van der Waals surface area contributed by atoms with Crippen molar-refractivity contribution in [1.29, 1.82) is 0 Å². The highest BCUT2D eigenvalue weighted by molar-refractivity contribution is 6.18. The highest BCUT2D eigenvalue weighted by Crippen LogP contribution is 2.37. The van der Waals surface area contributed by atoms with Crippen LogP contribution >= 0.6 is 11.6 Å². The lowest BCUT2D eigenvalue weighted by molar-refractivity contribution is 0.474. The van der Waals surface area contributed by atoms with Gasteiger partial charge in [0.1, 0.15) is 5.75 Å². The van der Waals surface area contributed by atoms with Gasteiger partial charge in [-0.2, -0.15) is 0 Å². The van der Waals surface area contributed by atoms with Crippen molar-refractivity contribution in [2.45, 2.75) is 24.8 Å². The van der Waals surface area contributed by atoms with E-state index in [0.717, 1.165) is 37.2 Å². The summed E-state index contributed by atoms with van der Waals surface area (Å²) in [6, 6.07) is 4.38. The third-order valence-electron chi connectivity index (χ3n) is 4.02. The van der Waals surface area contributed by atoms with Gasteiger partial charge in [-0.3, -0.25) is 0 Å². The molecule has 0 bridgehead atoms. The van der Waals surface area contributed by atoms with Gasteiger partial charge in [0, 0.05) is 29.9 Å². The molecule has 3 rings (SSSR count). The van der Waals surface area contributed by atoms with Crippen LogP contribution in [0.3, 0.4) is 0 Å². The first kappa shape index (κ1) is 12.8. The third kappa shape index (κ3) is 2.45. The molecule has 0 amide bonds. The lowest BCUT2D eigenvalue weighted by Gasteiger charge is -2.20. The molecule has 1 fully saturated rings. The van der Waals surface area contributed by atoms with Gasteiger partial charge in [-0.05, 0) is 37.1 Å². The molecule has 4 heteroatoms. The highest BCUT2D eigenvalue weighted by atomic mass is 35.5. The van der Waals surface area contributed by atoms with Gasteiger partial charge in [-0.15, -0.1) is 11.6 Å². The molecule has 0 radical (unpaired) electrons. The lowest BCUT2D eigenvalue weighted by Crippen LogP contribution is -2.27. The van der Waals surface area contributed by atoms with E-state index in [-0.39, 0.29) is 0 Å². The van der Waals surface area contributed by atoms with Crippen LogP contribution in [0, 0.1) is 0 Å². The average molecular weight is 279 g/mol. The van der Waals surface area contributed by atoms with Crippen molar-refractivity contribution >= 4 is 23.4 Å². The molecule has 1 saturated heterocycles. The van der Waals surface area contributed by atoms with Crippen LogP contribution in [0.1, 0.15) is 29.9 Å². The summed E-state index contributed by atoms with van der Waals surface area (Å²) in [6.07, 6.45) is 6.30. The lowest BCUT2D eigenvalue weighted by atomic mass is 9.90. The molecule has 0 aromatic heterocycles.